The molecule has 2 rings (SSSR count). The highest BCUT2D eigenvalue weighted by atomic mass is 16.7. The highest BCUT2D eigenvalue weighted by Gasteiger charge is 2.39. The summed E-state index contributed by atoms with van der Waals surface area (Å²) >= 11 is 0. The number of carbonyl (C=O) groups excluding carboxylic acids is 2. The summed E-state index contributed by atoms with van der Waals surface area (Å²) in [6, 6.07) is 13.4. The van der Waals surface area contributed by atoms with E-state index in [2.05, 4.69) is 0 Å². The van der Waals surface area contributed by atoms with E-state index in [-0.39, 0.29) is 6.42 Å². The number of rotatable bonds is 7. The fourth-order valence-corrected chi connectivity index (χ4v) is 2.68. The average Bonchev–Trinajstić information content (AvgIpc) is 2.60. The van der Waals surface area contributed by atoms with Gasteiger partial charge in [-0.2, -0.15) is 0 Å². The van der Waals surface area contributed by atoms with Crippen LogP contribution in [0.4, 0.5) is 0 Å². The molecule has 2 unspecified atom stereocenters. The first-order chi connectivity index (χ1) is 11.9. The van der Waals surface area contributed by atoms with Gasteiger partial charge in [0.2, 0.25) is 6.29 Å². The molecule has 5 heteroatoms. The molecule has 0 N–H and O–H groups in total. The summed E-state index contributed by atoms with van der Waals surface area (Å²) in [4.78, 5) is 24.3. The van der Waals surface area contributed by atoms with Crippen LogP contribution in [0, 0.1) is 0 Å². The Hall–Kier alpha value is -2.40. The lowest BCUT2D eigenvalue weighted by molar-refractivity contribution is -0.200. The maximum absolute atomic E-state index is 12.8. The van der Waals surface area contributed by atoms with E-state index >= 15 is 0 Å². The second-order valence-corrected chi connectivity index (χ2v) is 5.98. The molecule has 0 aromatic heterocycles. The number of esters is 2. The van der Waals surface area contributed by atoms with Crippen LogP contribution in [-0.2, 0) is 29.4 Å². The van der Waals surface area contributed by atoms with Crippen molar-refractivity contribution in [1.82, 2.24) is 0 Å². The van der Waals surface area contributed by atoms with Gasteiger partial charge in [-0.25, -0.2) is 4.79 Å². The molecular weight excluding hydrogens is 320 g/mol. The first-order valence-electron chi connectivity index (χ1n) is 8.36. The van der Waals surface area contributed by atoms with E-state index in [4.69, 9.17) is 14.2 Å². The van der Waals surface area contributed by atoms with Crippen LogP contribution in [0.3, 0.4) is 0 Å². The van der Waals surface area contributed by atoms with Gasteiger partial charge in [-0.15, -0.1) is 0 Å². The first kappa shape index (κ1) is 18.9. The zero-order chi connectivity index (χ0) is 18.4. The van der Waals surface area contributed by atoms with Gasteiger partial charge in [0.1, 0.15) is 0 Å². The molecule has 2 aromatic carbocycles. The van der Waals surface area contributed by atoms with E-state index in [1.807, 2.05) is 49.4 Å². The fourth-order valence-electron chi connectivity index (χ4n) is 2.68. The maximum Gasteiger partial charge on any atom is 0.345 e. The molecule has 0 amide bonds. The van der Waals surface area contributed by atoms with Gasteiger partial charge in [-0.1, -0.05) is 49.4 Å². The molecule has 25 heavy (non-hydrogen) atoms. The third-order valence-electron chi connectivity index (χ3n) is 4.13. The topological polar surface area (TPSA) is 61.8 Å². The fraction of sp³-hybridized carbons (Fsp3) is 0.400. The van der Waals surface area contributed by atoms with Crippen LogP contribution < -0.4 is 0 Å². The van der Waals surface area contributed by atoms with Gasteiger partial charge >= 0.3 is 11.9 Å². The van der Waals surface area contributed by atoms with Gasteiger partial charge < -0.3 is 14.2 Å². The smallest absolute Gasteiger partial charge is 0.345 e. The molecule has 0 aliphatic carbocycles. The van der Waals surface area contributed by atoms with E-state index < -0.39 is 23.8 Å². The van der Waals surface area contributed by atoms with Crippen LogP contribution in [-0.4, -0.2) is 25.3 Å². The molecule has 0 saturated carbocycles. The number of ether oxygens (including phenoxy) is 3. The molecule has 0 bridgehead atoms. The van der Waals surface area contributed by atoms with Crippen LogP contribution in [0.5, 0.6) is 0 Å². The average molecular weight is 344 g/mol. The lowest BCUT2D eigenvalue weighted by Gasteiger charge is -2.29. The van der Waals surface area contributed by atoms with Crippen molar-refractivity contribution in [1.29, 1.82) is 0 Å². The largest absolute Gasteiger partial charge is 0.425 e. The molecule has 2 atom stereocenters. The van der Waals surface area contributed by atoms with Crippen LogP contribution in [0.15, 0.2) is 42.5 Å². The van der Waals surface area contributed by atoms with Crippen LogP contribution >= 0.6 is 0 Å². The second-order valence-electron chi connectivity index (χ2n) is 5.98. The minimum Gasteiger partial charge on any atom is -0.425 e. The lowest BCUT2D eigenvalue weighted by atomic mass is 9.90. The zero-order valence-corrected chi connectivity index (χ0v) is 15.1. The van der Waals surface area contributed by atoms with Crippen molar-refractivity contribution in [3.63, 3.8) is 0 Å². The summed E-state index contributed by atoms with van der Waals surface area (Å²) in [7, 11) is 1.46. The third kappa shape index (κ3) is 4.17. The van der Waals surface area contributed by atoms with Gasteiger partial charge in [0.25, 0.3) is 0 Å². The molecule has 2 aromatic rings. The SMILES string of the molecule is CCCC(=O)OC(C)OC(=O)C(C)(OC)c1cccc2ccccc12. The molecule has 0 spiro atoms. The Labute approximate surface area is 147 Å². The standard InChI is InChI=1S/C20H24O5/c1-5-9-18(21)24-14(2)25-19(22)20(3,23-4)17-13-8-11-15-10-6-7-12-16(15)17/h6-8,10-14H,5,9H2,1-4H3. The van der Waals surface area contributed by atoms with E-state index in [9.17, 15) is 9.59 Å². The van der Waals surface area contributed by atoms with E-state index in [0.29, 0.717) is 12.0 Å². The molecule has 0 aliphatic rings. The Bertz CT molecular complexity index is 749. The Kier molecular flexibility index (Phi) is 6.15. The van der Waals surface area contributed by atoms with Crippen molar-refractivity contribution in [2.45, 2.75) is 45.5 Å². The van der Waals surface area contributed by atoms with E-state index in [1.54, 1.807) is 6.92 Å². The number of fused-ring (bicyclic) bond motifs is 1. The van der Waals surface area contributed by atoms with Crippen LogP contribution in [0.2, 0.25) is 0 Å². The van der Waals surface area contributed by atoms with Gasteiger partial charge in [-0.05, 0) is 24.1 Å². The summed E-state index contributed by atoms with van der Waals surface area (Å²) in [5, 5.41) is 1.90. The number of benzene rings is 2. The highest BCUT2D eigenvalue weighted by molar-refractivity contribution is 5.92. The molecule has 0 saturated heterocycles. The quantitative estimate of drug-likeness (QED) is 0.562. The summed E-state index contributed by atoms with van der Waals surface area (Å²) in [6.45, 7) is 5.04. The number of hydrogen-bond donors (Lipinski definition) is 0. The van der Waals surface area contributed by atoms with Gasteiger partial charge in [0.05, 0.1) is 0 Å². The summed E-state index contributed by atoms with van der Waals surface area (Å²) in [6.07, 6.45) is -0.0195. The van der Waals surface area contributed by atoms with Crippen LogP contribution in [0.25, 0.3) is 10.8 Å². The van der Waals surface area contributed by atoms with Crippen molar-refractivity contribution in [3.8, 4) is 0 Å². The molecule has 134 valence electrons. The van der Waals surface area contributed by atoms with Crippen molar-refractivity contribution in [3.05, 3.63) is 48.0 Å². The normalized spacial score (nSPS) is 14.6. The van der Waals surface area contributed by atoms with Gasteiger partial charge in [-0.3, -0.25) is 4.79 Å². The van der Waals surface area contributed by atoms with Crippen LogP contribution in [0.1, 0.15) is 39.2 Å². The second kappa shape index (κ2) is 8.12. The third-order valence-corrected chi connectivity index (χ3v) is 4.13. The van der Waals surface area contributed by atoms with Crippen molar-refractivity contribution in [2.24, 2.45) is 0 Å². The number of hydrogen-bond acceptors (Lipinski definition) is 5. The minimum absolute atomic E-state index is 0.284. The predicted molar refractivity (Wildman–Crippen MR) is 94.9 cm³/mol. The number of methoxy groups -OCH3 is 1. The molecule has 5 nitrogen and oxygen atoms in total. The first-order valence-corrected chi connectivity index (χ1v) is 8.36. The van der Waals surface area contributed by atoms with E-state index in [1.165, 1.54) is 14.0 Å². The van der Waals surface area contributed by atoms with E-state index in [0.717, 1.165) is 10.8 Å². The lowest BCUT2D eigenvalue weighted by Crippen LogP contribution is -2.39. The molecule has 0 fully saturated rings. The summed E-state index contributed by atoms with van der Waals surface area (Å²) < 4.78 is 15.9. The molecule has 0 heterocycles. The molecule has 0 aliphatic heterocycles. The Morgan fingerprint density at radius 3 is 2.44 bits per heavy atom. The Morgan fingerprint density at radius 1 is 1.08 bits per heavy atom. The van der Waals surface area contributed by atoms with Crippen molar-refractivity contribution >= 4 is 22.7 Å². The minimum atomic E-state index is -1.31. The summed E-state index contributed by atoms with van der Waals surface area (Å²) in [5.74, 6) is -1.00. The Balaban J connectivity index is 2.26. The van der Waals surface area contributed by atoms with Gasteiger partial charge in [0.15, 0.2) is 5.60 Å². The molecular formula is C20H24O5. The maximum atomic E-state index is 12.8. The zero-order valence-electron chi connectivity index (χ0n) is 15.1. The summed E-state index contributed by atoms with van der Waals surface area (Å²) in [5.41, 5.74) is -0.614. The Morgan fingerprint density at radius 2 is 1.76 bits per heavy atom. The monoisotopic (exact) mass is 344 g/mol. The highest BCUT2D eigenvalue weighted by Crippen LogP contribution is 2.32. The number of carbonyl (C=O) groups is 2. The van der Waals surface area contributed by atoms with Crippen molar-refractivity contribution < 1.29 is 23.8 Å². The van der Waals surface area contributed by atoms with Crippen molar-refractivity contribution in [2.75, 3.05) is 7.11 Å². The predicted octanol–water partition coefficient (Wildman–Crippen LogP) is 3.93. The molecule has 0 radical (unpaired) electrons. The van der Waals surface area contributed by atoms with Gasteiger partial charge in [0, 0.05) is 26.0 Å².